The minimum atomic E-state index is -0.781. The van der Waals surface area contributed by atoms with Crippen molar-refractivity contribution in [2.45, 2.75) is 49.9 Å². The molecule has 6 heteroatoms. The van der Waals surface area contributed by atoms with Gasteiger partial charge >= 0.3 is 5.97 Å². The Morgan fingerprint density at radius 1 is 1.42 bits per heavy atom. The van der Waals surface area contributed by atoms with Crippen molar-refractivity contribution < 1.29 is 14.7 Å². The van der Waals surface area contributed by atoms with Gasteiger partial charge in [-0.2, -0.15) is 0 Å². The number of nitrogens with zero attached hydrogens (tertiary/aromatic N) is 1. The molecule has 2 aliphatic rings. The first-order valence-corrected chi connectivity index (χ1v) is 8.02. The van der Waals surface area contributed by atoms with Gasteiger partial charge in [0, 0.05) is 12.1 Å². The Labute approximate surface area is 118 Å². The lowest BCUT2D eigenvalue weighted by molar-refractivity contribution is -0.139. The van der Waals surface area contributed by atoms with Crippen molar-refractivity contribution in [3.05, 3.63) is 0 Å². The molecule has 5 nitrogen and oxygen atoms in total. The number of amides is 1. The molecule has 1 aliphatic carbocycles. The first kappa shape index (κ1) is 14.7. The van der Waals surface area contributed by atoms with Crippen molar-refractivity contribution in [2.24, 2.45) is 0 Å². The van der Waals surface area contributed by atoms with E-state index in [0.717, 1.165) is 38.0 Å². The quantitative estimate of drug-likeness (QED) is 0.760. The lowest BCUT2D eigenvalue weighted by Crippen LogP contribution is -2.55. The van der Waals surface area contributed by atoms with E-state index in [-0.39, 0.29) is 23.7 Å². The molecule has 2 rings (SSSR count). The Morgan fingerprint density at radius 3 is 2.68 bits per heavy atom. The number of carboxylic acid groups (broad SMARTS) is 1. The van der Waals surface area contributed by atoms with E-state index in [0.29, 0.717) is 6.04 Å². The number of hydrogen-bond acceptors (Lipinski definition) is 4. The number of rotatable bonds is 6. The van der Waals surface area contributed by atoms with Crippen LogP contribution in [0.2, 0.25) is 0 Å². The molecule has 0 aromatic heterocycles. The number of thioether (sulfide) groups is 1. The topological polar surface area (TPSA) is 69.6 Å². The van der Waals surface area contributed by atoms with Gasteiger partial charge < -0.3 is 10.4 Å². The van der Waals surface area contributed by atoms with E-state index >= 15 is 0 Å². The summed E-state index contributed by atoms with van der Waals surface area (Å²) in [7, 11) is 0. The number of nitrogens with one attached hydrogen (secondary N) is 1. The van der Waals surface area contributed by atoms with Crippen molar-refractivity contribution in [1.82, 2.24) is 10.2 Å². The van der Waals surface area contributed by atoms with Crippen molar-refractivity contribution in [1.29, 1.82) is 0 Å². The molecule has 1 unspecified atom stereocenters. The maximum Gasteiger partial charge on any atom is 0.317 e. The van der Waals surface area contributed by atoms with Gasteiger partial charge in [0.05, 0.1) is 11.8 Å². The Morgan fingerprint density at radius 2 is 2.16 bits per heavy atom. The molecule has 19 heavy (non-hydrogen) atoms. The maximum atomic E-state index is 11.9. The van der Waals surface area contributed by atoms with Gasteiger partial charge in [0.1, 0.15) is 0 Å². The van der Waals surface area contributed by atoms with Crippen LogP contribution in [0.1, 0.15) is 32.6 Å². The van der Waals surface area contributed by atoms with Gasteiger partial charge in [-0.3, -0.25) is 14.5 Å². The van der Waals surface area contributed by atoms with Gasteiger partial charge in [-0.25, -0.2) is 0 Å². The zero-order valence-electron chi connectivity index (χ0n) is 11.3. The molecule has 1 heterocycles. The summed E-state index contributed by atoms with van der Waals surface area (Å²) in [4.78, 5) is 24.6. The number of carbonyl (C=O) groups excluding carboxylic acids is 1. The van der Waals surface area contributed by atoms with Crippen LogP contribution in [0, 0.1) is 0 Å². The van der Waals surface area contributed by atoms with Gasteiger partial charge in [0.2, 0.25) is 5.91 Å². The second-order valence-electron chi connectivity index (χ2n) is 5.29. The van der Waals surface area contributed by atoms with Crippen LogP contribution in [0.5, 0.6) is 0 Å². The third kappa shape index (κ3) is 3.86. The third-order valence-electron chi connectivity index (χ3n) is 3.94. The van der Waals surface area contributed by atoms with Crippen LogP contribution in [-0.4, -0.2) is 58.1 Å². The summed E-state index contributed by atoms with van der Waals surface area (Å²) >= 11 is 1.75. The van der Waals surface area contributed by atoms with Gasteiger partial charge in [0.25, 0.3) is 0 Å². The molecule has 0 aromatic carbocycles. The zero-order valence-corrected chi connectivity index (χ0v) is 12.1. The molecule has 0 radical (unpaired) electrons. The maximum absolute atomic E-state index is 11.9. The van der Waals surface area contributed by atoms with E-state index in [1.165, 1.54) is 0 Å². The van der Waals surface area contributed by atoms with Crippen LogP contribution in [-0.2, 0) is 9.59 Å². The highest BCUT2D eigenvalue weighted by Gasteiger charge is 2.36. The fourth-order valence-electron chi connectivity index (χ4n) is 2.76. The standard InChI is InChI=1S/C13H22N2O3S/c1-2-15(8-12(16)17)10-6-9(7-10)14-13(18)11-4-3-5-19-11/h9-11H,2-8H2,1H3,(H,14,18)(H,16,17). The normalized spacial score (nSPS) is 30.1. The Bertz CT molecular complexity index is 339. The monoisotopic (exact) mass is 286 g/mol. The van der Waals surface area contributed by atoms with Crippen molar-refractivity contribution in [3.8, 4) is 0 Å². The summed E-state index contributed by atoms with van der Waals surface area (Å²) in [5.74, 6) is 0.483. The lowest BCUT2D eigenvalue weighted by atomic mass is 9.85. The third-order valence-corrected chi connectivity index (χ3v) is 5.32. The summed E-state index contributed by atoms with van der Waals surface area (Å²) in [6.45, 7) is 2.82. The van der Waals surface area contributed by atoms with Crippen molar-refractivity contribution in [2.75, 3.05) is 18.8 Å². The largest absolute Gasteiger partial charge is 0.480 e. The van der Waals surface area contributed by atoms with Gasteiger partial charge in [-0.15, -0.1) is 11.8 Å². The minimum Gasteiger partial charge on any atom is -0.480 e. The second kappa shape index (κ2) is 6.61. The summed E-state index contributed by atoms with van der Waals surface area (Å²) < 4.78 is 0. The van der Waals surface area contributed by atoms with Crippen LogP contribution in [0.15, 0.2) is 0 Å². The van der Waals surface area contributed by atoms with Crippen LogP contribution >= 0.6 is 11.8 Å². The fraction of sp³-hybridized carbons (Fsp3) is 0.846. The molecule has 1 atom stereocenters. The van der Waals surface area contributed by atoms with Crippen LogP contribution in [0.4, 0.5) is 0 Å². The van der Waals surface area contributed by atoms with Gasteiger partial charge in [-0.1, -0.05) is 6.92 Å². The number of hydrogen-bond donors (Lipinski definition) is 2. The smallest absolute Gasteiger partial charge is 0.317 e. The predicted octanol–water partition coefficient (Wildman–Crippen LogP) is 0.936. The SMILES string of the molecule is CCN(CC(=O)O)C1CC(NC(=O)C2CCCS2)C1. The van der Waals surface area contributed by atoms with E-state index < -0.39 is 5.97 Å². The predicted molar refractivity (Wildman–Crippen MR) is 75.3 cm³/mol. The van der Waals surface area contributed by atoms with E-state index in [9.17, 15) is 9.59 Å². The van der Waals surface area contributed by atoms with Crippen LogP contribution in [0.25, 0.3) is 0 Å². The number of likely N-dealkylation sites (N-methyl/N-ethyl adjacent to an activating group) is 1. The van der Waals surface area contributed by atoms with Crippen molar-refractivity contribution >= 4 is 23.6 Å². The number of carbonyl (C=O) groups is 2. The Balaban J connectivity index is 1.70. The summed E-state index contributed by atoms with van der Waals surface area (Å²) in [6.07, 6.45) is 3.89. The first-order valence-electron chi connectivity index (χ1n) is 6.98. The number of carboxylic acids is 1. The van der Waals surface area contributed by atoms with Gasteiger partial charge in [-0.05, 0) is 38.0 Å². The van der Waals surface area contributed by atoms with Gasteiger partial charge in [0.15, 0.2) is 0 Å². The molecular weight excluding hydrogens is 264 g/mol. The zero-order chi connectivity index (χ0) is 13.8. The average molecular weight is 286 g/mol. The first-order chi connectivity index (χ1) is 9.10. The van der Waals surface area contributed by atoms with E-state index in [1.54, 1.807) is 11.8 Å². The molecule has 2 N–H and O–H groups in total. The molecule has 108 valence electrons. The lowest BCUT2D eigenvalue weighted by Gasteiger charge is -2.42. The Hall–Kier alpha value is -0.750. The van der Waals surface area contributed by atoms with E-state index in [4.69, 9.17) is 5.11 Å². The van der Waals surface area contributed by atoms with Crippen LogP contribution in [0.3, 0.4) is 0 Å². The minimum absolute atomic E-state index is 0.0975. The average Bonchev–Trinajstić information content (AvgIpc) is 2.83. The summed E-state index contributed by atoms with van der Waals surface area (Å²) in [6, 6.07) is 0.546. The molecule has 1 saturated heterocycles. The van der Waals surface area contributed by atoms with Crippen LogP contribution < -0.4 is 5.32 Å². The second-order valence-corrected chi connectivity index (χ2v) is 6.60. The van der Waals surface area contributed by atoms with E-state index in [2.05, 4.69) is 5.32 Å². The summed E-state index contributed by atoms with van der Waals surface area (Å²) in [5.41, 5.74) is 0. The highest BCUT2D eigenvalue weighted by Crippen LogP contribution is 2.29. The molecule has 0 bridgehead atoms. The molecule has 1 aliphatic heterocycles. The molecule has 2 fully saturated rings. The Kier molecular flexibility index (Phi) is 5.10. The van der Waals surface area contributed by atoms with Crippen molar-refractivity contribution in [3.63, 3.8) is 0 Å². The molecular formula is C13H22N2O3S. The molecule has 1 amide bonds. The molecule has 1 saturated carbocycles. The highest BCUT2D eigenvalue weighted by atomic mass is 32.2. The molecule has 0 spiro atoms. The molecule has 0 aromatic rings. The van der Waals surface area contributed by atoms with E-state index in [1.807, 2.05) is 11.8 Å². The number of aliphatic carboxylic acids is 1. The summed E-state index contributed by atoms with van der Waals surface area (Å²) in [5, 5.41) is 12.1. The highest BCUT2D eigenvalue weighted by molar-refractivity contribution is 8.00. The fourth-order valence-corrected chi connectivity index (χ4v) is 3.93.